The topological polar surface area (TPSA) is 29.9 Å². The van der Waals surface area contributed by atoms with E-state index in [9.17, 15) is 0 Å². The van der Waals surface area contributed by atoms with Crippen LogP contribution in [0.5, 0.6) is 0 Å². The lowest BCUT2D eigenvalue weighted by Crippen LogP contribution is -2.25. The van der Waals surface area contributed by atoms with Crippen molar-refractivity contribution < 1.29 is 0 Å². The maximum atomic E-state index is 4.50. The Bertz CT molecular complexity index is 519. The minimum absolute atomic E-state index is 0.333. The fourth-order valence-electron chi connectivity index (χ4n) is 2.32. The fraction of sp³-hybridized carbons (Fsp3) is 0.438. The van der Waals surface area contributed by atoms with E-state index in [0.29, 0.717) is 6.04 Å². The third kappa shape index (κ3) is 4.06. The minimum atomic E-state index is 0.333. The van der Waals surface area contributed by atoms with Crippen molar-refractivity contribution in [3.8, 4) is 0 Å². The molecule has 1 unspecified atom stereocenters. The number of nitrogens with zero attached hydrogens (tertiary/aromatic N) is 2. The predicted molar refractivity (Wildman–Crippen MR) is 91.8 cm³/mol. The maximum Gasteiger partial charge on any atom is 0.110 e. The Hall–Kier alpha value is -0.880. The molecule has 4 heteroatoms. The summed E-state index contributed by atoms with van der Waals surface area (Å²) in [5.41, 5.74) is 1.34. The molecular formula is C16H22IN3. The van der Waals surface area contributed by atoms with E-state index in [4.69, 9.17) is 0 Å². The first-order valence-electron chi connectivity index (χ1n) is 7.23. The molecule has 0 aliphatic rings. The van der Waals surface area contributed by atoms with Crippen molar-refractivity contribution in [2.45, 2.75) is 39.3 Å². The smallest absolute Gasteiger partial charge is 0.110 e. The fourth-order valence-corrected chi connectivity index (χ4v) is 2.68. The van der Waals surface area contributed by atoms with Gasteiger partial charge >= 0.3 is 0 Å². The summed E-state index contributed by atoms with van der Waals surface area (Å²) in [5.74, 6) is 1.15. The molecule has 0 radical (unpaired) electrons. The Balaban J connectivity index is 2.17. The molecule has 1 aromatic heterocycles. The van der Waals surface area contributed by atoms with Crippen molar-refractivity contribution in [2.75, 3.05) is 6.54 Å². The van der Waals surface area contributed by atoms with Gasteiger partial charge in [0.1, 0.15) is 5.82 Å². The Kier molecular flexibility index (Phi) is 6.04. The quantitative estimate of drug-likeness (QED) is 0.738. The van der Waals surface area contributed by atoms with Crippen LogP contribution in [0.3, 0.4) is 0 Å². The number of rotatable bonds is 7. The van der Waals surface area contributed by atoms with Crippen molar-refractivity contribution in [1.82, 2.24) is 14.9 Å². The SMILES string of the molecule is CCCNC(Cc1nccn1CC)c1ccc(I)cc1. The van der Waals surface area contributed by atoms with E-state index in [0.717, 1.165) is 31.8 Å². The number of imidazole rings is 1. The van der Waals surface area contributed by atoms with E-state index >= 15 is 0 Å². The molecule has 0 saturated heterocycles. The van der Waals surface area contributed by atoms with E-state index < -0.39 is 0 Å². The minimum Gasteiger partial charge on any atom is -0.335 e. The monoisotopic (exact) mass is 383 g/mol. The molecule has 0 spiro atoms. The maximum absolute atomic E-state index is 4.50. The first kappa shape index (κ1) is 15.5. The summed E-state index contributed by atoms with van der Waals surface area (Å²) in [6.45, 7) is 6.36. The molecule has 108 valence electrons. The van der Waals surface area contributed by atoms with Gasteiger partial charge in [0.25, 0.3) is 0 Å². The van der Waals surface area contributed by atoms with Crippen LogP contribution in [-0.2, 0) is 13.0 Å². The van der Waals surface area contributed by atoms with Gasteiger partial charge in [-0.1, -0.05) is 19.1 Å². The lowest BCUT2D eigenvalue weighted by atomic mass is 10.0. The first-order chi connectivity index (χ1) is 9.74. The van der Waals surface area contributed by atoms with Crippen LogP contribution in [-0.4, -0.2) is 16.1 Å². The molecule has 20 heavy (non-hydrogen) atoms. The highest BCUT2D eigenvalue weighted by molar-refractivity contribution is 14.1. The summed E-state index contributed by atoms with van der Waals surface area (Å²) in [6, 6.07) is 9.11. The van der Waals surface area contributed by atoms with E-state index in [1.165, 1.54) is 9.13 Å². The molecule has 0 fully saturated rings. The second kappa shape index (κ2) is 7.78. The molecule has 0 bridgehead atoms. The second-order valence-corrected chi connectivity index (χ2v) is 6.14. The van der Waals surface area contributed by atoms with Gasteiger partial charge in [-0.2, -0.15) is 0 Å². The Morgan fingerprint density at radius 1 is 1.25 bits per heavy atom. The summed E-state index contributed by atoms with van der Waals surface area (Å²) in [6.07, 6.45) is 6.02. The van der Waals surface area contributed by atoms with Gasteiger partial charge in [-0.3, -0.25) is 0 Å². The Labute approximate surface area is 134 Å². The first-order valence-corrected chi connectivity index (χ1v) is 8.31. The van der Waals surface area contributed by atoms with Gasteiger partial charge in [-0.05, 0) is 60.2 Å². The number of halogens is 1. The van der Waals surface area contributed by atoms with Crippen molar-refractivity contribution in [2.24, 2.45) is 0 Å². The number of benzene rings is 1. The average molecular weight is 383 g/mol. The van der Waals surface area contributed by atoms with Crippen molar-refractivity contribution in [1.29, 1.82) is 0 Å². The van der Waals surface area contributed by atoms with Crippen molar-refractivity contribution in [3.05, 3.63) is 51.6 Å². The van der Waals surface area contributed by atoms with Crippen LogP contribution in [0.1, 0.15) is 37.7 Å². The molecule has 0 aliphatic carbocycles. The van der Waals surface area contributed by atoms with Crippen LogP contribution < -0.4 is 5.32 Å². The molecule has 1 N–H and O–H groups in total. The van der Waals surface area contributed by atoms with Gasteiger partial charge in [0.15, 0.2) is 0 Å². The van der Waals surface area contributed by atoms with Crippen LogP contribution >= 0.6 is 22.6 Å². The third-order valence-corrected chi connectivity index (χ3v) is 4.16. The lowest BCUT2D eigenvalue weighted by Gasteiger charge is -2.19. The van der Waals surface area contributed by atoms with E-state index in [1.807, 2.05) is 6.20 Å². The number of nitrogens with one attached hydrogen (secondary N) is 1. The highest BCUT2D eigenvalue weighted by Crippen LogP contribution is 2.19. The number of hydrogen-bond acceptors (Lipinski definition) is 2. The van der Waals surface area contributed by atoms with Gasteiger partial charge in [0, 0.05) is 35.0 Å². The van der Waals surface area contributed by atoms with Crippen LogP contribution in [0.2, 0.25) is 0 Å². The molecule has 2 rings (SSSR count). The second-order valence-electron chi connectivity index (χ2n) is 4.89. The van der Waals surface area contributed by atoms with Crippen LogP contribution in [0.4, 0.5) is 0 Å². The summed E-state index contributed by atoms with van der Waals surface area (Å²) in [7, 11) is 0. The van der Waals surface area contributed by atoms with Gasteiger partial charge in [0.05, 0.1) is 0 Å². The molecular weight excluding hydrogens is 361 g/mol. The van der Waals surface area contributed by atoms with E-state index in [2.05, 4.69) is 81.8 Å². The number of aryl methyl sites for hydroxylation is 1. The molecule has 2 aromatic rings. The zero-order chi connectivity index (χ0) is 14.4. The normalized spacial score (nSPS) is 12.6. The zero-order valence-corrected chi connectivity index (χ0v) is 14.3. The van der Waals surface area contributed by atoms with Gasteiger partial charge < -0.3 is 9.88 Å². The Morgan fingerprint density at radius 2 is 2.00 bits per heavy atom. The van der Waals surface area contributed by atoms with Crippen molar-refractivity contribution in [3.63, 3.8) is 0 Å². The molecule has 1 heterocycles. The summed E-state index contributed by atoms with van der Waals surface area (Å²) < 4.78 is 3.49. The third-order valence-electron chi connectivity index (χ3n) is 3.44. The van der Waals surface area contributed by atoms with E-state index in [-0.39, 0.29) is 0 Å². The summed E-state index contributed by atoms with van der Waals surface area (Å²) in [5, 5.41) is 3.64. The van der Waals surface area contributed by atoms with Crippen LogP contribution in [0, 0.1) is 3.57 Å². The summed E-state index contributed by atoms with van der Waals surface area (Å²) >= 11 is 2.35. The standard InChI is InChI=1S/C16H22IN3/c1-3-9-18-15(13-5-7-14(17)8-6-13)12-16-19-10-11-20(16)4-2/h5-8,10-11,15,18H,3-4,9,12H2,1-2H3. The largest absolute Gasteiger partial charge is 0.335 e. The molecule has 0 saturated carbocycles. The van der Waals surface area contributed by atoms with Crippen LogP contribution in [0.15, 0.2) is 36.7 Å². The molecule has 1 aromatic carbocycles. The Morgan fingerprint density at radius 3 is 2.65 bits per heavy atom. The average Bonchev–Trinajstić information content (AvgIpc) is 2.91. The van der Waals surface area contributed by atoms with Crippen molar-refractivity contribution >= 4 is 22.6 Å². The highest BCUT2D eigenvalue weighted by Gasteiger charge is 2.14. The van der Waals surface area contributed by atoms with E-state index in [1.54, 1.807) is 0 Å². The highest BCUT2D eigenvalue weighted by atomic mass is 127. The van der Waals surface area contributed by atoms with Gasteiger partial charge in [-0.15, -0.1) is 0 Å². The molecule has 3 nitrogen and oxygen atoms in total. The molecule has 1 atom stereocenters. The number of hydrogen-bond donors (Lipinski definition) is 1. The number of aromatic nitrogens is 2. The predicted octanol–water partition coefficient (Wildman–Crippen LogP) is 3.79. The van der Waals surface area contributed by atoms with Gasteiger partial charge in [0.2, 0.25) is 0 Å². The molecule has 0 amide bonds. The zero-order valence-electron chi connectivity index (χ0n) is 12.1. The van der Waals surface area contributed by atoms with Crippen LogP contribution in [0.25, 0.3) is 0 Å². The molecule has 0 aliphatic heterocycles. The lowest BCUT2D eigenvalue weighted by molar-refractivity contribution is 0.506. The summed E-state index contributed by atoms with van der Waals surface area (Å²) in [4.78, 5) is 4.50. The van der Waals surface area contributed by atoms with Gasteiger partial charge in [-0.25, -0.2) is 4.98 Å².